The summed E-state index contributed by atoms with van der Waals surface area (Å²) in [4.78, 5) is 36.2. The molecule has 1 heterocycles. The monoisotopic (exact) mass is 335 g/mol. The van der Waals surface area contributed by atoms with Crippen molar-refractivity contribution in [2.45, 2.75) is 32.7 Å². The number of nitro groups is 1. The second-order valence-corrected chi connectivity index (χ2v) is 6.19. The average molecular weight is 335 g/mol. The number of hydrogen-bond acceptors (Lipinski definition) is 5. The van der Waals surface area contributed by atoms with Gasteiger partial charge in [0.15, 0.2) is 0 Å². The Morgan fingerprint density at radius 1 is 1.29 bits per heavy atom. The Labute approximate surface area is 139 Å². The molecule has 1 aliphatic rings. The molecule has 1 aromatic carbocycles. The van der Waals surface area contributed by atoms with Crippen LogP contribution in [0.25, 0.3) is 0 Å². The van der Waals surface area contributed by atoms with E-state index in [-0.39, 0.29) is 17.2 Å². The fourth-order valence-corrected chi connectivity index (χ4v) is 2.77. The van der Waals surface area contributed by atoms with Gasteiger partial charge in [0.1, 0.15) is 11.7 Å². The van der Waals surface area contributed by atoms with Crippen LogP contribution in [0.1, 0.15) is 37.0 Å². The van der Waals surface area contributed by atoms with Crippen LogP contribution in [0.15, 0.2) is 18.2 Å². The molecule has 1 saturated heterocycles. The Hall–Kier alpha value is -2.64. The number of benzene rings is 1. The van der Waals surface area contributed by atoms with Crippen molar-refractivity contribution in [3.8, 4) is 0 Å². The van der Waals surface area contributed by atoms with Gasteiger partial charge in [-0.05, 0) is 30.9 Å². The Kier molecular flexibility index (Phi) is 5.38. The summed E-state index contributed by atoms with van der Waals surface area (Å²) in [6.07, 6.45) is 1.96. The maximum absolute atomic E-state index is 12.3. The molecule has 0 aliphatic carbocycles. The standard InChI is InChI=1S/C16H21N3O5/c1-10(2)14(16(21)22)17-15(20)11-5-6-12(13(9-11)19(23)24)18-7-3-4-8-18/h5-6,9-10,14H,3-4,7-8H2,1-2H3,(H,17,20)(H,21,22). The van der Waals surface area contributed by atoms with Gasteiger partial charge in [0, 0.05) is 24.7 Å². The summed E-state index contributed by atoms with van der Waals surface area (Å²) in [6.45, 7) is 4.86. The first kappa shape index (κ1) is 17.7. The van der Waals surface area contributed by atoms with Crippen LogP contribution in [0.3, 0.4) is 0 Å². The van der Waals surface area contributed by atoms with Gasteiger partial charge in [-0.1, -0.05) is 13.8 Å². The lowest BCUT2D eigenvalue weighted by molar-refractivity contribution is -0.384. The average Bonchev–Trinajstić information content (AvgIpc) is 3.05. The van der Waals surface area contributed by atoms with E-state index in [1.54, 1.807) is 19.9 Å². The van der Waals surface area contributed by atoms with Gasteiger partial charge in [-0.25, -0.2) is 4.79 Å². The normalized spacial score (nSPS) is 15.4. The number of rotatable bonds is 6. The van der Waals surface area contributed by atoms with Gasteiger partial charge in [-0.3, -0.25) is 14.9 Å². The number of nitrogens with zero attached hydrogens (tertiary/aromatic N) is 2. The van der Waals surface area contributed by atoms with Crippen molar-refractivity contribution in [1.82, 2.24) is 5.32 Å². The molecule has 2 rings (SSSR count). The lowest BCUT2D eigenvalue weighted by Crippen LogP contribution is -2.44. The molecule has 1 aliphatic heterocycles. The van der Waals surface area contributed by atoms with Crippen LogP contribution in [0.2, 0.25) is 0 Å². The second-order valence-electron chi connectivity index (χ2n) is 6.19. The molecule has 0 radical (unpaired) electrons. The van der Waals surface area contributed by atoms with Gasteiger partial charge in [-0.2, -0.15) is 0 Å². The van der Waals surface area contributed by atoms with Crippen molar-refractivity contribution >= 4 is 23.3 Å². The minimum absolute atomic E-state index is 0.0801. The number of aliphatic carboxylic acids is 1. The van der Waals surface area contributed by atoms with Crippen molar-refractivity contribution in [2.75, 3.05) is 18.0 Å². The molecule has 0 saturated carbocycles. The molecule has 1 aromatic rings. The van der Waals surface area contributed by atoms with Crippen LogP contribution in [-0.4, -0.2) is 41.0 Å². The molecule has 8 heteroatoms. The minimum Gasteiger partial charge on any atom is -0.480 e. The van der Waals surface area contributed by atoms with E-state index in [2.05, 4.69) is 5.32 Å². The predicted molar refractivity (Wildman–Crippen MR) is 88.3 cm³/mol. The molecule has 0 bridgehead atoms. The number of carbonyl (C=O) groups excluding carboxylic acids is 1. The number of amides is 1. The lowest BCUT2D eigenvalue weighted by Gasteiger charge is -2.19. The molecule has 24 heavy (non-hydrogen) atoms. The Morgan fingerprint density at radius 3 is 2.42 bits per heavy atom. The number of anilines is 1. The fraction of sp³-hybridized carbons (Fsp3) is 0.500. The van der Waals surface area contributed by atoms with Crippen molar-refractivity contribution < 1.29 is 19.6 Å². The smallest absolute Gasteiger partial charge is 0.326 e. The van der Waals surface area contributed by atoms with Crippen LogP contribution >= 0.6 is 0 Å². The Bertz CT molecular complexity index is 653. The number of nitro benzene ring substituents is 1. The molecule has 1 atom stereocenters. The molecule has 1 fully saturated rings. The molecule has 0 aromatic heterocycles. The predicted octanol–water partition coefficient (Wildman–Crippen LogP) is 2.03. The van der Waals surface area contributed by atoms with Gasteiger partial charge in [0.25, 0.3) is 11.6 Å². The second kappa shape index (κ2) is 7.29. The van der Waals surface area contributed by atoms with E-state index in [0.29, 0.717) is 5.69 Å². The third-order valence-corrected chi connectivity index (χ3v) is 4.10. The van der Waals surface area contributed by atoms with Gasteiger partial charge >= 0.3 is 5.97 Å². The van der Waals surface area contributed by atoms with E-state index in [1.165, 1.54) is 12.1 Å². The number of carbonyl (C=O) groups is 2. The minimum atomic E-state index is -1.14. The van der Waals surface area contributed by atoms with Crippen molar-refractivity contribution in [2.24, 2.45) is 5.92 Å². The zero-order valence-electron chi connectivity index (χ0n) is 13.7. The van der Waals surface area contributed by atoms with E-state index >= 15 is 0 Å². The van der Waals surface area contributed by atoms with E-state index < -0.39 is 22.8 Å². The summed E-state index contributed by atoms with van der Waals surface area (Å²) in [6, 6.07) is 3.22. The molecule has 2 N–H and O–H groups in total. The number of carboxylic acid groups (broad SMARTS) is 1. The molecule has 1 unspecified atom stereocenters. The number of hydrogen-bond donors (Lipinski definition) is 2. The first-order valence-corrected chi connectivity index (χ1v) is 7.88. The summed E-state index contributed by atoms with van der Waals surface area (Å²) >= 11 is 0. The van der Waals surface area contributed by atoms with E-state index in [9.17, 15) is 19.7 Å². The molecule has 130 valence electrons. The molecular formula is C16H21N3O5. The van der Waals surface area contributed by atoms with Gasteiger partial charge < -0.3 is 15.3 Å². The summed E-state index contributed by atoms with van der Waals surface area (Å²) < 4.78 is 0. The summed E-state index contributed by atoms with van der Waals surface area (Å²) in [5, 5.41) is 22.9. The summed E-state index contributed by atoms with van der Waals surface area (Å²) in [5.74, 6) is -2.07. The maximum atomic E-state index is 12.3. The van der Waals surface area contributed by atoms with Crippen LogP contribution in [0.4, 0.5) is 11.4 Å². The quantitative estimate of drug-likeness (QED) is 0.607. The Morgan fingerprint density at radius 2 is 1.92 bits per heavy atom. The topological polar surface area (TPSA) is 113 Å². The third-order valence-electron chi connectivity index (χ3n) is 4.10. The third kappa shape index (κ3) is 3.81. The number of carboxylic acids is 1. The lowest BCUT2D eigenvalue weighted by atomic mass is 10.0. The van der Waals surface area contributed by atoms with Crippen LogP contribution in [0.5, 0.6) is 0 Å². The molecule has 0 spiro atoms. The highest BCUT2D eigenvalue weighted by Crippen LogP contribution is 2.31. The highest BCUT2D eigenvalue weighted by atomic mass is 16.6. The maximum Gasteiger partial charge on any atom is 0.326 e. The Balaban J connectivity index is 2.27. The fourth-order valence-electron chi connectivity index (χ4n) is 2.77. The van der Waals surface area contributed by atoms with Gasteiger partial charge in [-0.15, -0.1) is 0 Å². The summed E-state index contributed by atoms with van der Waals surface area (Å²) in [7, 11) is 0. The van der Waals surface area contributed by atoms with Crippen molar-refractivity contribution in [3.63, 3.8) is 0 Å². The SMILES string of the molecule is CC(C)C(NC(=O)c1ccc(N2CCCC2)c([N+](=O)[O-])c1)C(=O)O. The van der Waals surface area contributed by atoms with E-state index in [4.69, 9.17) is 5.11 Å². The first-order valence-electron chi connectivity index (χ1n) is 7.88. The zero-order valence-corrected chi connectivity index (χ0v) is 13.7. The number of nitrogens with one attached hydrogen (secondary N) is 1. The molecular weight excluding hydrogens is 314 g/mol. The highest BCUT2D eigenvalue weighted by Gasteiger charge is 2.27. The van der Waals surface area contributed by atoms with Crippen molar-refractivity contribution in [1.29, 1.82) is 0 Å². The van der Waals surface area contributed by atoms with Gasteiger partial charge in [0.05, 0.1) is 4.92 Å². The van der Waals surface area contributed by atoms with E-state index in [1.807, 2.05) is 4.90 Å². The van der Waals surface area contributed by atoms with Crippen LogP contribution in [0, 0.1) is 16.0 Å². The highest BCUT2D eigenvalue weighted by molar-refractivity contribution is 5.98. The van der Waals surface area contributed by atoms with Crippen LogP contribution in [-0.2, 0) is 4.79 Å². The first-order chi connectivity index (χ1) is 11.3. The molecule has 1 amide bonds. The largest absolute Gasteiger partial charge is 0.480 e. The van der Waals surface area contributed by atoms with Crippen LogP contribution < -0.4 is 10.2 Å². The van der Waals surface area contributed by atoms with E-state index in [0.717, 1.165) is 25.9 Å². The van der Waals surface area contributed by atoms with Crippen molar-refractivity contribution in [3.05, 3.63) is 33.9 Å². The molecule has 8 nitrogen and oxygen atoms in total. The zero-order chi connectivity index (χ0) is 17.9. The summed E-state index contributed by atoms with van der Waals surface area (Å²) in [5.41, 5.74) is 0.435. The van der Waals surface area contributed by atoms with Gasteiger partial charge in [0.2, 0.25) is 0 Å².